The number of carbonyl (C=O) groups is 1. The van der Waals surface area contributed by atoms with Gasteiger partial charge < -0.3 is 9.15 Å². The van der Waals surface area contributed by atoms with E-state index in [9.17, 15) is 4.79 Å². The second-order valence-electron chi connectivity index (χ2n) is 3.66. The molecule has 88 valence electrons. The Bertz CT molecular complexity index is 325. The van der Waals surface area contributed by atoms with E-state index in [1.54, 1.807) is 12.1 Å². The number of furan rings is 1. The van der Waals surface area contributed by atoms with Crippen molar-refractivity contribution in [3.05, 3.63) is 36.3 Å². The molecule has 0 aliphatic rings. The first-order valence-corrected chi connectivity index (χ1v) is 5.65. The molecular weight excluding hydrogens is 204 g/mol. The van der Waals surface area contributed by atoms with E-state index in [1.165, 1.54) is 12.7 Å². The molecule has 1 aromatic rings. The topological polar surface area (TPSA) is 39.4 Å². The summed E-state index contributed by atoms with van der Waals surface area (Å²) in [7, 11) is 0. The van der Waals surface area contributed by atoms with Crippen LogP contribution in [0.1, 0.15) is 43.7 Å². The average molecular weight is 222 g/mol. The first-order chi connectivity index (χ1) is 7.74. The third kappa shape index (κ3) is 4.34. The van der Waals surface area contributed by atoms with Gasteiger partial charge in [0.1, 0.15) is 6.10 Å². The van der Waals surface area contributed by atoms with Gasteiger partial charge in [-0.15, -0.1) is 0 Å². The number of carbonyl (C=O) groups excluding carboxylic acids is 1. The molecule has 1 rings (SSSR count). The Morgan fingerprint density at radius 1 is 1.62 bits per heavy atom. The molecule has 3 heteroatoms. The predicted molar refractivity (Wildman–Crippen MR) is 62.3 cm³/mol. The largest absolute Gasteiger partial charge is 0.457 e. The minimum Gasteiger partial charge on any atom is -0.457 e. The maximum absolute atomic E-state index is 11.5. The Balaban J connectivity index is 2.31. The lowest BCUT2D eigenvalue weighted by Gasteiger charge is -2.07. The molecule has 1 heterocycles. The fraction of sp³-hybridized carbons (Fsp3) is 0.462. The fourth-order valence-corrected chi connectivity index (χ4v) is 1.27. The number of hydrogen-bond donors (Lipinski definition) is 0. The van der Waals surface area contributed by atoms with Crippen LogP contribution < -0.4 is 0 Å². The highest BCUT2D eigenvalue weighted by Gasteiger charge is 2.11. The molecule has 0 saturated heterocycles. The third-order valence-corrected chi connectivity index (χ3v) is 2.15. The van der Waals surface area contributed by atoms with E-state index in [1.807, 2.05) is 19.1 Å². The van der Waals surface area contributed by atoms with Gasteiger partial charge in [-0.3, -0.25) is 0 Å². The van der Waals surface area contributed by atoms with Gasteiger partial charge in [-0.05, 0) is 31.6 Å². The lowest BCUT2D eigenvalue weighted by atomic mass is 10.2. The molecule has 1 aromatic heterocycles. The Morgan fingerprint density at radius 2 is 2.44 bits per heavy atom. The Hall–Kier alpha value is -1.51. The number of hydrogen-bond acceptors (Lipinski definition) is 3. The summed E-state index contributed by atoms with van der Waals surface area (Å²) in [6, 6.07) is 3.26. The Labute approximate surface area is 96.1 Å². The molecule has 1 unspecified atom stereocenters. The van der Waals surface area contributed by atoms with Crippen molar-refractivity contribution >= 4 is 5.97 Å². The van der Waals surface area contributed by atoms with Gasteiger partial charge in [-0.25, -0.2) is 4.79 Å². The first-order valence-electron chi connectivity index (χ1n) is 5.65. The summed E-state index contributed by atoms with van der Waals surface area (Å²) >= 11 is 0. The van der Waals surface area contributed by atoms with Crippen LogP contribution in [0.15, 0.2) is 35.0 Å². The first kappa shape index (κ1) is 12.6. The SMILES string of the molecule is CCCC/C=C/C(C)OC(=O)c1ccco1. The molecule has 16 heavy (non-hydrogen) atoms. The number of allylic oxidation sites excluding steroid dienone is 1. The highest BCUT2D eigenvalue weighted by atomic mass is 16.6. The van der Waals surface area contributed by atoms with E-state index >= 15 is 0 Å². The van der Waals surface area contributed by atoms with E-state index < -0.39 is 5.97 Å². The standard InChI is InChI=1S/C13H18O3/c1-3-4-5-6-8-11(2)16-13(14)12-9-7-10-15-12/h6-11H,3-5H2,1-2H3/b8-6+. The molecule has 0 amide bonds. The number of rotatable bonds is 6. The van der Waals surface area contributed by atoms with Crippen LogP contribution >= 0.6 is 0 Å². The van der Waals surface area contributed by atoms with Crippen LogP contribution in [-0.4, -0.2) is 12.1 Å². The number of esters is 1. The van der Waals surface area contributed by atoms with Crippen molar-refractivity contribution in [3.8, 4) is 0 Å². The van der Waals surface area contributed by atoms with Crippen LogP contribution in [0.5, 0.6) is 0 Å². The van der Waals surface area contributed by atoms with Gasteiger partial charge in [0.15, 0.2) is 0 Å². The third-order valence-electron chi connectivity index (χ3n) is 2.15. The van der Waals surface area contributed by atoms with E-state index in [0.29, 0.717) is 0 Å². The van der Waals surface area contributed by atoms with Gasteiger partial charge in [0.2, 0.25) is 5.76 Å². The highest BCUT2D eigenvalue weighted by Crippen LogP contribution is 2.06. The highest BCUT2D eigenvalue weighted by molar-refractivity contribution is 5.86. The predicted octanol–water partition coefficient (Wildman–Crippen LogP) is 3.57. The Kier molecular flexibility index (Phi) is 5.40. The average Bonchev–Trinajstić information content (AvgIpc) is 2.77. The molecule has 0 aliphatic heterocycles. The van der Waals surface area contributed by atoms with E-state index in [-0.39, 0.29) is 11.9 Å². The molecule has 0 spiro atoms. The van der Waals surface area contributed by atoms with Gasteiger partial charge in [-0.2, -0.15) is 0 Å². The molecular formula is C13H18O3. The molecule has 0 radical (unpaired) electrons. The van der Waals surface area contributed by atoms with Gasteiger partial charge in [-0.1, -0.05) is 25.8 Å². The summed E-state index contributed by atoms with van der Waals surface area (Å²) in [5.41, 5.74) is 0. The van der Waals surface area contributed by atoms with Gasteiger partial charge >= 0.3 is 5.97 Å². The lowest BCUT2D eigenvalue weighted by molar-refractivity contribution is 0.0387. The van der Waals surface area contributed by atoms with Crippen LogP contribution in [0.25, 0.3) is 0 Å². The maximum atomic E-state index is 11.5. The van der Waals surface area contributed by atoms with Gasteiger partial charge in [0, 0.05) is 0 Å². The second kappa shape index (κ2) is 6.88. The fourth-order valence-electron chi connectivity index (χ4n) is 1.27. The van der Waals surface area contributed by atoms with Crippen LogP contribution in [0.4, 0.5) is 0 Å². The zero-order chi connectivity index (χ0) is 11.8. The molecule has 0 saturated carbocycles. The summed E-state index contributed by atoms with van der Waals surface area (Å²) in [6.45, 7) is 3.98. The maximum Gasteiger partial charge on any atom is 0.374 e. The summed E-state index contributed by atoms with van der Waals surface area (Å²) in [4.78, 5) is 11.5. The summed E-state index contributed by atoms with van der Waals surface area (Å²) < 4.78 is 10.1. The van der Waals surface area contributed by atoms with Crippen molar-refractivity contribution in [2.45, 2.75) is 39.2 Å². The minimum atomic E-state index is -0.419. The van der Waals surface area contributed by atoms with Crippen molar-refractivity contribution < 1.29 is 13.9 Å². The molecule has 0 fully saturated rings. The van der Waals surface area contributed by atoms with Crippen molar-refractivity contribution in [2.24, 2.45) is 0 Å². The zero-order valence-electron chi connectivity index (χ0n) is 9.81. The Morgan fingerprint density at radius 3 is 3.06 bits per heavy atom. The van der Waals surface area contributed by atoms with Gasteiger partial charge in [0.05, 0.1) is 6.26 Å². The van der Waals surface area contributed by atoms with Crippen molar-refractivity contribution in [1.82, 2.24) is 0 Å². The summed E-state index contributed by atoms with van der Waals surface area (Å²) in [5.74, 6) is -0.175. The molecule has 0 N–H and O–H groups in total. The normalized spacial score (nSPS) is 12.9. The molecule has 1 atom stereocenters. The number of unbranched alkanes of at least 4 members (excludes halogenated alkanes) is 2. The van der Waals surface area contributed by atoms with Crippen molar-refractivity contribution in [1.29, 1.82) is 0 Å². The number of ether oxygens (including phenoxy) is 1. The second-order valence-corrected chi connectivity index (χ2v) is 3.66. The minimum absolute atomic E-state index is 0.213. The van der Waals surface area contributed by atoms with Crippen LogP contribution in [0, 0.1) is 0 Å². The van der Waals surface area contributed by atoms with Crippen LogP contribution in [-0.2, 0) is 4.74 Å². The molecule has 0 aliphatic carbocycles. The van der Waals surface area contributed by atoms with Crippen molar-refractivity contribution in [2.75, 3.05) is 0 Å². The summed E-state index contributed by atoms with van der Waals surface area (Å²) in [5, 5.41) is 0. The molecule has 3 nitrogen and oxygen atoms in total. The van der Waals surface area contributed by atoms with E-state index in [2.05, 4.69) is 6.92 Å². The molecule has 0 bridgehead atoms. The van der Waals surface area contributed by atoms with E-state index in [0.717, 1.165) is 12.8 Å². The lowest BCUT2D eigenvalue weighted by Crippen LogP contribution is -2.12. The van der Waals surface area contributed by atoms with Gasteiger partial charge in [0.25, 0.3) is 0 Å². The van der Waals surface area contributed by atoms with Crippen LogP contribution in [0.2, 0.25) is 0 Å². The van der Waals surface area contributed by atoms with Crippen LogP contribution in [0.3, 0.4) is 0 Å². The zero-order valence-corrected chi connectivity index (χ0v) is 9.81. The van der Waals surface area contributed by atoms with Crippen molar-refractivity contribution in [3.63, 3.8) is 0 Å². The smallest absolute Gasteiger partial charge is 0.374 e. The summed E-state index contributed by atoms with van der Waals surface area (Å²) in [6.07, 6.45) is 8.55. The quantitative estimate of drug-likeness (QED) is 0.419. The van der Waals surface area contributed by atoms with E-state index in [4.69, 9.17) is 9.15 Å². The molecule has 0 aromatic carbocycles. The monoisotopic (exact) mass is 222 g/mol.